The van der Waals surface area contributed by atoms with Crippen molar-refractivity contribution in [1.82, 2.24) is 10.6 Å². The average molecular weight is 376 g/mol. The van der Waals surface area contributed by atoms with Crippen LogP contribution in [-0.2, 0) is 19.2 Å². The Balaban J connectivity index is 4.43. The molecule has 0 heterocycles. The highest BCUT2D eigenvalue weighted by Crippen LogP contribution is 2.23. The van der Waals surface area contributed by atoms with Gasteiger partial charge in [0.2, 0.25) is 11.8 Å². The van der Waals surface area contributed by atoms with Crippen molar-refractivity contribution < 1.29 is 29.4 Å². The number of hydrogen-bond acceptors (Lipinski definition) is 6. The minimum Gasteiger partial charge on any atom is -0.480 e. The number of carbonyl (C=O) groups excluding carboxylic acids is 2. The molecule has 2 atom stereocenters. The van der Waals surface area contributed by atoms with Crippen LogP contribution in [-0.4, -0.2) is 57.6 Å². The lowest BCUT2D eigenvalue weighted by Crippen LogP contribution is -2.43. The Morgan fingerprint density at radius 2 is 1.12 bits per heavy atom. The first-order valence-corrected chi connectivity index (χ1v) is 9.17. The molecule has 0 spiro atoms. The molecule has 0 fully saturated rings. The molecule has 0 saturated heterocycles. The van der Waals surface area contributed by atoms with E-state index in [9.17, 15) is 19.2 Å². The summed E-state index contributed by atoms with van der Waals surface area (Å²) >= 11 is 0. The minimum atomic E-state index is -1.21. The molecule has 0 aromatic carbocycles. The zero-order chi connectivity index (χ0) is 18.9. The summed E-state index contributed by atoms with van der Waals surface area (Å²) in [5, 5.41) is 22.7. The van der Waals surface area contributed by atoms with Gasteiger partial charge in [-0.3, -0.25) is 9.59 Å². The molecular weight excluding hydrogens is 356 g/mol. The zero-order valence-corrected chi connectivity index (χ0v) is 15.0. The van der Waals surface area contributed by atoms with Crippen LogP contribution in [0.1, 0.15) is 13.8 Å². The Kier molecular flexibility index (Phi) is 9.89. The van der Waals surface area contributed by atoms with Crippen LogP contribution in [0.25, 0.3) is 0 Å². The van der Waals surface area contributed by atoms with Gasteiger partial charge in [0, 0.05) is 22.7 Å². The van der Waals surface area contributed by atoms with Gasteiger partial charge in [0.1, 0.15) is 12.1 Å². The summed E-state index contributed by atoms with van der Waals surface area (Å²) in [6.07, 6.45) is 0. The van der Waals surface area contributed by atoms with Crippen LogP contribution in [0.4, 0.5) is 0 Å². The number of nitrogens with one attached hydrogen (secondary N) is 2. The SMILES string of the molecule is C=C(C)C(=O)NC(CSSC[C@H](NC(=O)C(=C)C)C(=O)O)C(=O)O. The fraction of sp³-hybridized carbons (Fsp3) is 0.429. The molecule has 0 bridgehead atoms. The predicted octanol–water partition coefficient (Wildman–Crippen LogP) is 0.659. The van der Waals surface area contributed by atoms with Crippen LogP contribution < -0.4 is 10.6 Å². The molecule has 0 rings (SSSR count). The summed E-state index contributed by atoms with van der Waals surface area (Å²) in [7, 11) is 2.16. The molecule has 0 radical (unpaired) electrons. The number of carboxylic acid groups (broad SMARTS) is 2. The van der Waals surface area contributed by atoms with Gasteiger partial charge in [-0.15, -0.1) is 0 Å². The van der Waals surface area contributed by atoms with Gasteiger partial charge in [0.25, 0.3) is 0 Å². The highest BCUT2D eigenvalue weighted by Gasteiger charge is 2.23. The van der Waals surface area contributed by atoms with Gasteiger partial charge in [0.05, 0.1) is 0 Å². The largest absolute Gasteiger partial charge is 0.480 e. The van der Waals surface area contributed by atoms with E-state index in [1.165, 1.54) is 13.8 Å². The third-order valence-electron chi connectivity index (χ3n) is 2.53. The first kappa shape index (κ1) is 22.1. The third-order valence-corrected chi connectivity index (χ3v) is 4.96. The summed E-state index contributed by atoms with van der Waals surface area (Å²) in [4.78, 5) is 45.1. The molecule has 4 N–H and O–H groups in total. The van der Waals surface area contributed by atoms with E-state index in [-0.39, 0.29) is 22.7 Å². The summed E-state index contributed by atoms with van der Waals surface area (Å²) in [5.74, 6) is -3.49. The topological polar surface area (TPSA) is 133 Å². The summed E-state index contributed by atoms with van der Waals surface area (Å²) in [6, 6.07) is -2.25. The summed E-state index contributed by atoms with van der Waals surface area (Å²) in [5.41, 5.74) is 0.375. The van der Waals surface area contributed by atoms with Crippen molar-refractivity contribution in [2.24, 2.45) is 0 Å². The van der Waals surface area contributed by atoms with E-state index in [2.05, 4.69) is 23.8 Å². The van der Waals surface area contributed by atoms with Gasteiger partial charge < -0.3 is 20.8 Å². The molecule has 0 aromatic heterocycles. The zero-order valence-electron chi connectivity index (χ0n) is 13.3. The molecule has 10 heteroatoms. The molecule has 8 nitrogen and oxygen atoms in total. The van der Waals surface area contributed by atoms with Crippen molar-refractivity contribution in [1.29, 1.82) is 0 Å². The predicted molar refractivity (Wildman–Crippen MR) is 93.7 cm³/mol. The molecule has 0 aliphatic rings. The maximum Gasteiger partial charge on any atom is 0.327 e. The van der Waals surface area contributed by atoms with Crippen LogP contribution in [0, 0.1) is 0 Å². The lowest BCUT2D eigenvalue weighted by atomic mass is 10.3. The molecule has 0 saturated carbocycles. The first-order chi connectivity index (χ1) is 11.1. The van der Waals surface area contributed by atoms with Gasteiger partial charge >= 0.3 is 11.9 Å². The Morgan fingerprint density at radius 1 is 0.833 bits per heavy atom. The van der Waals surface area contributed by atoms with Gasteiger partial charge in [-0.25, -0.2) is 9.59 Å². The molecule has 134 valence electrons. The van der Waals surface area contributed by atoms with E-state index in [0.717, 1.165) is 21.6 Å². The summed E-state index contributed by atoms with van der Waals surface area (Å²) in [6.45, 7) is 9.75. The lowest BCUT2D eigenvalue weighted by molar-refractivity contribution is -0.141. The van der Waals surface area contributed by atoms with Crippen molar-refractivity contribution in [3.8, 4) is 0 Å². The molecule has 0 aliphatic carbocycles. The van der Waals surface area contributed by atoms with Gasteiger partial charge in [0.15, 0.2) is 0 Å². The van der Waals surface area contributed by atoms with E-state index in [1.807, 2.05) is 0 Å². The number of carboxylic acids is 2. The quantitative estimate of drug-likeness (QED) is 0.235. The van der Waals surface area contributed by atoms with Crippen LogP contribution in [0.15, 0.2) is 24.3 Å². The molecule has 2 amide bonds. The standard InChI is InChI=1S/C14H20N2O6S2/c1-7(2)11(17)15-9(13(19)20)5-23-24-6-10(14(21)22)16-12(18)8(3)4/h9-10H,1,3,5-6H2,2,4H3,(H,15,17)(H,16,18)(H,19,20)(H,21,22)/t9-,10?/m0/s1. The highest BCUT2D eigenvalue weighted by atomic mass is 33.1. The minimum absolute atomic E-state index is 0.0276. The summed E-state index contributed by atoms with van der Waals surface area (Å²) < 4.78 is 0. The maximum absolute atomic E-state index is 11.4. The monoisotopic (exact) mass is 376 g/mol. The van der Waals surface area contributed by atoms with Crippen molar-refractivity contribution in [2.75, 3.05) is 11.5 Å². The fourth-order valence-electron chi connectivity index (χ4n) is 1.14. The van der Waals surface area contributed by atoms with E-state index in [1.54, 1.807) is 0 Å². The highest BCUT2D eigenvalue weighted by molar-refractivity contribution is 8.76. The van der Waals surface area contributed by atoms with E-state index in [0.29, 0.717) is 0 Å². The normalized spacial score (nSPS) is 12.6. The third kappa shape index (κ3) is 8.63. The van der Waals surface area contributed by atoms with Crippen molar-refractivity contribution in [2.45, 2.75) is 25.9 Å². The fourth-order valence-corrected chi connectivity index (χ4v) is 3.45. The second-order valence-electron chi connectivity index (χ2n) is 4.86. The number of amides is 2. The molecule has 0 aliphatic heterocycles. The van der Waals surface area contributed by atoms with Gasteiger partial charge in [-0.1, -0.05) is 34.7 Å². The van der Waals surface area contributed by atoms with E-state index in [4.69, 9.17) is 10.2 Å². The van der Waals surface area contributed by atoms with Gasteiger partial charge in [-0.2, -0.15) is 0 Å². The van der Waals surface area contributed by atoms with Crippen LogP contribution in [0.3, 0.4) is 0 Å². The van der Waals surface area contributed by atoms with Crippen molar-refractivity contribution in [3.05, 3.63) is 24.3 Å². The number of hydrogen-bond donors (Lipinski definition) is 4. The van der Waals surface area contributed by atoms with Crippen molar-refractivity contribution in [3.63, 3.8) is 0 Å². The Labute approximate surface area is 147 Å². The van der Waals surface area contributed by atoms with Crippen LogP contribution in [0.2, 0.25) is 0 Å². The van der Waals surface area contributed by atoms with Crippen LogP contribution in [0.5, 0.6) is 0 Å². The molecular formula is C14H20N2O6S2. The number of aliphatic carboxylic acids is 2. The average Bonchev–Trinajstić information content (AvgIpc) is 2.47. The molecule has 24 heavy (non-hydrogen) atoms. The lowest BCUT2D eigenvalue weighted by Gasteiger charge is -2.16. The van der Waals surface area contributed by atoms with Crippen molar-refractivity contribution >= 4 is 45.3 Å². The number of carbonyl (C=O) groups is 4. The van der Waals surface area contributed by atoms with Gasteiger partial charge in [-0.05, 0) is 13.8 Å². The first-order valence-electron chi connectivity index (χ1n) is 6.69. The van der Waals surface area contributed by atoms with Crippen LogP contribution >= 0.6 is 21.6 Å². The van der Waals surface area contributed by atoms with E-state index < -0.39 is 35.8 Å². The number of rotatable bonds is 11. The second kappa shape index (κ2) is 10.8. The maximum atomic E-state index is 11.4. The smallest absolute Gasteiger partial charge is 0.327 e. The molecule has 1 unspecified atom stereocenters. The second-order valence-corrected chi connectivity index (χ2v) is 7.41. The Morgan fingerprint density at radius 3 is 1.33 bits per heavy atom. The van der Waals surface area contributed by atoms with E-state index >= 15 is 0 Å². The molecule has 0 aromatic rings. The Bertz CT molecular complexity index is 501. The Hall–Kier alpha value is -1.94.